The zero-order valence-electron chi connectivity index (χ0n) is 14.7. The van der Waals surface area contributed by atoms with Crippen LogP contribution in [0.5, 0.6) is 5.75 Å². The average Bonchev–Trinajstić information content (AvgIpc) is 2.37. The molecule has 0 aromatic heterocycles. The molecule has 0 aliphatic rings. The topological polar surface area (TPSA) is 75.4 Å². The first kappa shape index (κ1) is 18.5. The van der Waals surface area contributed by atoms with E-state index in [1.807, 2.05) is 0 Å². The van der Waals surface area contributed by atoms with E-state index in [9.17, 15) is 9.90 Å². The first-order valence-corrected chi connectivity index (χ1v) is 7.83. The van der Waals surface area contributed by atoms with E-state index in [1.165, 1.54) is 0 Å². The minimum atomic E-state index is -0.147. The van der Waals surface area contributed by atoms with E-state index in [0.717, 1.165) is 29.5 Å². The first-order chi connectivity index (χ1) is 9.96. The monoisotopic (exact) mass is 306 g/mol. The number of nitrogens with one attached hydrogen (secondary N) is 1. The fourth-order valence-corrected chi connectivity index (χ4v) is 2.51. The van der Waals surface area contributed by atoms with Gasteiger partial charge >= 0.3 is 0 Å². The number of amides is 1. The summed E-state index contributed by atoms with van der Waals surface area (Å²) in [5.41, 5.74) is 4.96. The Labute approximate surface area is 134 Å². The highest BCUT2D eigenvalue weighted by atomic mass is 16.3. The molecule has 124 valence electrons. The Morgan fingerprint density at radius 3 is 1.91 bits per heavy atom. The molecule has 0 saturated carbocycles. The predicted octanol–water partition coefficient (Wildman–Crippen LogP) is 3.30. The second-order valence-corrected chi connectivity index (χ2v) is 7.96. The van der Waals surface area contributed by atoms with Gasteiger partial charge in [-0.15, -0.1) is 0 Å². The Balaban J connectivity index is 3.16. The molecule has 1 amide bonds. The molecule has 0 heterocycles. The molecule has 0 aliphatic heterocycles. The van der Waals surface area contributed by atoms with Crippen molar-refractivity contribution in [2.24, 2.45) is 5.84 Å². The van der Waals surface area contributed by atoms with Gasteiger partial charge in [0.25, 0.3) is 0 Å². The van der Waals surface area contributed by atoms with Gasteiger partial charge in [-0.3, -0.25) is 10.2 Å². The summed E-state index contributed by atoms with van der Waals surface area (Å²) in [6.07, 6.45) is 1.94. The fraction of sp³-hybridized carbons (Fsp3) is 0.611. The Kier molecular flexibility index (Phi) is 5.63. The molecule has 0 aliphatic carbocycles. The number of nitrogens with two attached hydrogens (primary N) is 1. The molecule has 22 heavy (non-hydrogen) atoms. The molecule has 0 unspecified atom stereocenters. The average molecular weight is 306 g/mol. The van der Waals surface area contributed by atoms with Crippen molar-refractivity contribution in [1.29, 1.82) is 0 Å². The number of phenols is 1. The maximum absolute atomic E-state index is 11.2. The van der Waals surface area contributed by atoms with E-state index < -0.39 is 0 Å². The van der Waals surface area contributed by atoms with Gasteiger partial charge in [0.1, 0.15) is 5.75 Å². The summed E-state index contributed by atoms with van der Waals surface area (Å²) in [5, 5.41) is 10.7. The SMILES string of the molecule is CC(C)(C)c1cc(CCCC(=O)NN)cc(C(C)(C)C)c1O. The molecular weight excluding hydrogens is 276 g/mol. The lowest BCUT2D eigenvalue weighted by molar-refractivity contribution is -0.121. The van der Waals surface area contributed by atoms with Crippen LogP contribution in [0.3, 0.4) is 0 Å². The minimum Gasteiger partial charge on any atom is -0.507 e. The van der Waals surface area contributed by atoms with Crippen LogP contribution in [0.15, 0.2) is 12.1 Å². The zero-order valence-corrected chi connectivity index (χ0v) is 14.7. The smallest absolute Gasteiger partial charge is 0.233 e. The van der Waals surface area contributed by atoms with E-state index in [1.54, 1.807) is 0 Å². The van der Waals surface area contributed by atoms with E-state index in [0.29, 0.717) is 12.2 Å². The Bertz CT molecular complexity index is 502. The predicted molar refractivity (Wildman–Crippen MR) is 90.8 cm³/mol. The van der Waals surface area contributed by atoms with Crippen molar-refractivity contribution < 1.29 is 9.90 Å². The maximum atomic E-state index is 11.2. The highest BCUT2D eigenvalue weighted by Gasteiger charge is 2.26. The summed E-state index contributed by atoms with van der Waals surface area (Å²) in [6, 6.07) is 4.12. The van der Waals surface area contributed by atoms with Crippen LogP contribution in [0.1, 0.15) is 71.1 Å². The molecule has 4 heteroatoms. The van der Waals surface area contributed by atoms with Gasteiger partial charge < -0.3 is 5.11 Å². The van der Waals surface area contributed by atoms with Crippen molar-refractivity contribution >= 4 is 5.91 Å². The summed E-state index contributed by atoms with van der Waals surface area (Å²) in [6.45, 7) is 12.6. The number of carbonyl (C=O) groups is 1. The van der Waals surface area contributed by atoms with Crippen molar-refractivity contribution in [1.82, 2.24) is 5.43 Å². The third-order valence-electron chi connectivity index (χ3n) is 3.82. The molecule has 4 N–H and O–H groups in total. The second-order valence-electron chi connectivity index (χ2n) is 7.96. The lowest BCUT2D eigenvalue weighted by Gasteiger charge is -2.28. The number of rotatable bonds is 4. The molecule has 4 nitrogen and oxygen atoms in total. The summed E-state index contributed by atoms with van der Waals surface area (Å²) in [5.74, 6) is 5.35. The summed E-state index contributed by atoms with van der Waals surface area (Å²) in [4.78, 5) is 11.2. The number of carbonyl (C=O) groups excluding carboxylic acids is 1. The van der Waals surface area contributed by atoms with Crippen molar-refractivity contribution in [2.75, 3.05) is 0 Å². The molecule has 1 rings (SSSR count). The molecule has 0 radical (unpaired) electrons. The zero-order chi connectivity index (χ0) is 17.1. The minimum absolute atomic E-state index is 0.130. The standard InChI is InChI=1S/C18H30N2O2/c1-17(2,3)13-10-12(8-7-9-15(21)20-19)11-14(16(13)22)18(4,5)6/h10-11,22H,7-9,19H2,1-6H3,(H,20,21). The Hall–Kier alpha value is -1.55. The van der Waals surface area contributed by atoms with E-state index in [-0.39, 0.29) is 16.7 Å². The van der Waals surface area contributed by atoms with Gasteiger partial charge in [-0.1, -0.05) is 53.7 Å². The van der Waals surface area contributed by atoms with Crippen molar-refractivity contribution in [3.63, 3.8) is 0 Å². The Morgan fingerprint density at radius 1 is 1.09 bits per heavy atom. The highest BCUT2D eigenvalue weighted by molar-refractivity contribution is 5.75. The third kappa shape index (κ3) is 4.73. The number of hydrogen-bond donors (Lipinski definition) is 3. The number of aryl methyl sites for hydroxylation is 1. The lowest BCUT2D eigenvalue weighted by atomic mass is 9.78. The molecule has 0 fully saturated rings. The molecule has 1 aromatic carbocycles. The number of hydrogen-bond acceptors (Lipinski definition) is 3. The number of aromatic hydroxyl groups is 1. The van der Waals surface area contributed by atoms with Crippen LogP contribution >= 0.6 is 0 Å². The van der Waals surface area contributed by atoms with E-state index >= 15 is 0 Å². The van der Waals surface area contributed by atoms with Gasteiger partial charge in [-0.2, -0.15) is 0 Å². The van der Waals surface area contributed by atoms with Crippen LogP contribution in [0, 0.1) is 0 Å². The van der Waals surface area contributed by atoms with Crippen LogP contribution in [-0.4, -0.2) is 11.0 Å². The van der Waals surface area contributed by atoms with Gasteiger partial charge in [-0.25, -0.2) is 5.84 Å². The van der Waals surface area contributed by atoms with Crippen LogP contribution < -0.4 is 11.3 Å². The van der Waals surface area contributed by atoms with Gasteiger partial charge in [0.2, 0.25) is 5.91 Å². The normalized spacial score (nSPS) is 12.3. The van der Waals surface area contributed by atoms with Crippen LogP contribution in [0.2, 0.25) is 0 Å². The molecule has 0 atom stereocenters. The van der Waals surface area contributed by atoms with Gasteiger partial charge in [-0.05, 0) is 40.4 Å². The van der Waals surface area contributed by atoms with Gasteiger partial charge in [0.05, 0.1) is 0 Å². The highest BCUT2D eigenvalue weighted by Crippen LogP contribution is 2.39. The number of phenolic OH excluding ortho intramolecular Hbond substituents is 1. The van der Waals surface area contributed by atoms with Crippen molar-refractivity contribution in [2.45, 2.75) is 71.6 Å². The molecule has 0 bridgehead atoms. The van der Waals surface area contributed by atoms with Crippen LogP contribution in [0.25, 0.3) is 0 Å². The number of benzene rings is 1. The molecule has 1 aromatic rings. The summed E-state index contributed by atoms with van der Waals surface area (Å²) >= 11 is 0. The quantitative estimate of drug-likeness (QED) is 0.454. The largest absolute Gasteiger partial charge is 0.507 e. The van der Waals surface area contributed by atoms with Crippen molar-refractivity contribution in [3.05, 3.63) is 28.8 Å². The van der Waals surface area contributed by atoms with Gasteiger partial charge in [0, 0.05) is 6.42 Å². The maximum Gasteiger partial charge on any atom is 0.233 e. The summed E-state index contributed by atoms with van der Waals surface area (Å²) in [7, 11) is 0. The van der Waals surface area contributed by atoms with Crippen LogP contribution in [-0.2, 0) is 22.0 Å². The molecular formula is C18H30N2O2. The van der Waals surface area contributed by atoms with Gasteiger partial charge in [0.15, 0.2) is 0 Å². The van der Waals surface area contributed by atoms with Crippen LogP contribution in [0.4, 0.5) is 0 Å². The molecule has 0 saturated heterocycles. The Morgan fingerprint density at radius 2 is 1.55 bits per heavy atom. The lowest BCUT2D eigenvalue weighted by Crippen LogP contribution is -2.29. The first-order valence-electron chi connectivity index (χ1n) is 7.83. The van der Waals surface area contributed by atoms with E-state index in [2.05, 4.69) is 59.1 Å². The third-order valence-corrected chi connectivity index (χ3v) is 3.82. The second kappa shape index (κ2) is 6.69. The number of hydrazine groups is 1. The summed E-state index contributed by atoms with van der Waals surface area (Å²) < 4.78 is 0. The fourth-order valence-electron chi connectivity index (χ4n) is 2.51. The van der Waals surface area contributed by atoms with Crippen molar-refractivity contribution in [3.8, 4) is 5.75 Å². The molecule has 0 spiro atoms. The van der Waals surface area contributed by atoms with E-state index in [4.69, 9.17) is 5.84 Å².